The van der Waals surface area contributed by atoms with E-state index >= 15 is 0 Å². The van der Waals surface area contributed by atoms with Crippen molar-refractivity contribution >= 4 is 75.3 Å². The SMILES string of the molecule is COc1ccc(COC(=O)C2=C(CSc3nc(N)cc[n+]3N)CS[C@@H]3[C@H](NC(=O)/C(=N\O[C@H](C(=O)O)c4ccc(O)c(O)c4)c4csc(N)n4)C(=O)N23)cc1. The summed E-state index contributed by atoms with van der Waals surface area (Å²) >= 11 is 3.44. The molecule has 4 aromatic rings. The summed E-state index contributed by atoms with van der Waals surface area (Å²) < 4.78 is 12.1. The number of methoxy groups -OCH3 is 1. The van der Waals surface area contributed by atoms with Gasteiger partial charge < -0.3 is 46.4 Å². The molecule has 1 saturated heterocycles. The molecule has 4 heterocycles. The van der Waals surface area contributed by atoms with Gasteiger partial charge in [-0.15, -0.1) is 27.8 Å². The maximum absolute atomic E-state index is 13.8. The summed E-state index contributed by atoms with van der Waals surface area (Å²) in [5, 5.41) is 36.8. The zero-order chi connectivity index (χ0) is 39.4. The molecule has 0 aliphatic carbocycles. The molecular formula is C33H32N9O10S3+. The van der Waals surface area contributed by atoms with Gasteiger partial charge in [-0.25, -0.2) is 14.6 Å². The topological polar surface area (TPSA) is 292 Å². The van der Waals surface area contributed by atoms with Crippen molar-refractivity contribution in [3.63, 3.8) is 0 Å². The van der Waals surface area contributed by atoms with E-state index in [2.05, 4.69) is 20.4 Å². The molecular weight excluding hydrogens is 779 g/mol. The number of nitrogen functional groups attached to an aromatic ring is 3. The minimum Gasteiger partial charge on any atom is -0.504 e. The van der Waals surface area contributed by atoms with Crippen molar-refractivity contribution in [2.75, 3.05) is 35.9 Å². The molecule has 1 fully saturated rings. The van der Waals surface area contributed by atoms with Crippen LogP contribution in [0.25, 0.3) is 0 Å². The van der Waals surface area contributed by atoms with Crippen LogP contribution in [0.1, 0.15) is 22.9 Å². The number of phenolic OH excluding ortho intramolecular Hbond substituents is 2. The number of nitrogens with zero attached hydrogens (tertiary/aromatic N) is 5. The Morgan fingerprint density at radius 2 is 1.89 bits per heavy atom. The Bertz CT molecular complexity index is 2220. The van der Waals surface area contributed by atoms with Crippen LogP contribution in [0.3, 0.4) is 0 Å². The number of thioether (sulfide) groups is 2. The maximum Gasteiger partial charge on any atom is 0.384 e. The number of nitrogens with one attached hydrogen (secondary N) is 1. The van der Waals surface area contributed by atoms with Crippen LogP contribution >= 0.6 is 34.9 Å². The second kappa shape index (κ2) is 16.4. The van der Waals surface area contributed by atoms with E-state index in [1.807, 2.05) is 0 Å². The molecule has 2 amide bonds. The van der Waals surface area contributed by atoms with Gasteiger partial charge in [0.2, 0.25) is 11.9 Å². The number of hydrogen-bond donors (Lipinski definition) is 7. The molecule has 2 aromatic heterocycles. The zero-order valence-electron chi connectivity index (χ0n) is 28.5. The molecule has 0 saturated carbocycles. The van der Waals surface area contributed by atoms with E-state index in [1.54, 1.807) is 24.3 Å². The quantitative estimate of drug-likeness (QED) is 0.0107. The molecule has 0 unspecified atom stereocenters. The average Bonchev–Trinajstić information content (AvgIpc) is 3.60. The number of esters is 1. The van der Waals surface area contributed by atoms with Crippen LogP contribution in [0.2, 0.25) is 0 Å². The Morgan fingerprint density at radius 1 is 1.13 bits per heavy atom. The predicted octanol–water partition coefficient (Wildman–Crippen LogP) is 0.860. The number of anilines is 2. The number of ether oxygens (including phenoxy) is 2. The number of carboxylic acids is 1. The van der Waals surface area contributed by atoms with E-state index in [1.165, 1.54) is 63.9 Å². The van der Waals surface area contributed by atoms with Crippen molar-refractivity contribution in [2.24, 2.45) is 5.16 Å². The number of carbonyl (C=O) groups is 4. The number of phenols is 2. The van der Waals surface area contributed by atoms with Gasteiger partial charge in [0.1, 0.15) is 41.4 Å². The normalized spacial score (nSPS) is 17.1. The van der Waals surface area contributed by atoms with Gasteiger partial charge in [-0.3, -0.25) is 20.3 Å². The molecule has 0 radical (unpaired) electrons. The fraction of sp³-hybridized carbons (Fsp3) is 0.212. The predicted molar refractivity (Wildman–Crippen MR) is 199 cm³/mol. The first-order valence-corrected chi connectivity index (χ1v) is 18.8. The molecule has 3 atom stereocenters. The van der Waals surface area contributed by atoms with Gasteiger partial charge >= 0.3 is 17.1 Å². The molecule has 22 heteroatoms. The maximum atomic E-state index is 13.8. The van der Waals surface area contributed by atoms with Gasteiger partial charge in [0.05, 0.1) is 7.11 Å². The third-order valence-electron chi connectivity index (χ3n) is 8.04. The molecule has 2 aliphatic rings. The first-order valence-electron chi connectivity index (χ1n) is 15.9. The van der Waals surface area contributed by atoms with Gasteiger partial charge in [-0.05, 0) is 52.1 Å². The number of benzene rings is 2. The smallest absolute Gasteiger partial charge is 0.384 e. The first-order chi connectivity index (χ1) is 26.3. The lowest BCUT2D eigenvalue weighted by Crippen LogP contribution is -2.71. The molecule has 19 nitrogen and oxygen atoms in total. The van der Waals surface area contributed by atoms with E-state index < -0.39 is 58.5 Å². The second-order valence-corrected chi connectivity index (χ2v) is 14.6. The summed E-state index contributed by atoms with van der Waals surface area (Å²) in [5.74, 6) is 2.29. The highest BCUT2D eigenvalue weighted by atomic mass is 32.2. The third kappa shape index (κ3) is 8.45. The Hall–Kier alpha value is -6.26. The first kappa shape index (κ1) is 38.5. The summed E-state index contributed by atoms with van der Waals surface area (Å²) in [6, 6.07) is 10.5. The van der Waals surface area contributed by atoms with Crippen LogP contribution in [-0.2, 0) is 35.4 Å². The van der Waals surface area contributed by atoms with Crippen molar-refractivity contribution in [1.29, 1.82) is 0 Å². The van der Waals surface area contributed by atoms with Crippen molar-refractivity contribution in [3.8, 4) is 17.2 Å². The molecule has 55 heavy (non-hydrogen) atoms. The second-order valence-electron chi connectivity index (χ2n) is 11.7. The van der Waals surface area contributed by atoms with E-state index in [-0.39, 0.29) is 46.0 Å². The van der Waals surface area contributed by atoms with Crippen LogP contribution in [0.5, 0.6) is 17.2 Å². The lowest BCUT2D eigenvalue weighted by atomic mass is 10.0. The number of aromatic hydroxyl groups is 2. The number of carbonyl (C=O) groups excluding carboxylic acids is 3. The standard InChI is InChI=1S/C33H31N9O10S3/c1-50-18-5-2-15(3-6-18)11-51-31(49)25-17(13-55-33-38-22(34)8-9-41(33)36)12-53-29-24(28(46)42(25)29)39-27(45)23(19-14-54-32(35)37-19)40-52-26(30(47)48)16-4-7-20(43)21(44)10-16/h2-10,14,24,26,29,34H,11-13,36H2,1H3,(H6,35,37,39,40,43,44,45,47,48)/p+1/t24-,26+,29-/m1/s1. The van der Waals surface area contributed by atoms with Crippen LogP contribution in [0.15, 0.2) is 81.7 Å². The highest BCUT2D eigenvalue weighted by Crippen LogP contribution is 2.42. The summed E-state index contributed by atoms with van der Waals surface area (Å²) in [6.07, 6.45) is -0.298. The van der Waals surface area contributed by atoms with Crippen molar-refractivity contribution in [3.05, 3.63) is 88.2 Å². The summed E-state index contributed by atoms with van der Waals surface area (Å²) in [7, 11) is 1.53. The fourth-order valence-corrected chi connectivity index (χ4v) is 8.22. The fourth-order valence-electron chi connectivity index (χ4n) is 5.27. The largest absolute Gasteiger partial charge is 0.504 e. The number of thiazole rings is 1. The minimum atomic E-state index is -1.83. The Morgan fingerprint density at radius 3 is 2.56 bits per heavy atom. The van der Waals surface area contributed by atoms with Gasteiger partial charge in [0.15, 0.2) is 22.3 Å². The van der Waals surface area contributed by atoms with Gasteiger partial charge in [0.25, 0.3) is 11.8 Å². The number of oxime groups is 1. The summed E-state index contributed by atoms with van der Waals surface area (Å²) in [4.78, 5) is 68.2. The number of fused-ring (bicyclic) bond motifs is 1. The van der Waals surface area contributed by atoms with Crippen molar-refractivity contribution in [2.45, 2.75) is 29.3 Å². The number of aromatic nitrogens is 3. The Kier molecular flexibility index (Phi) is 11.5. The highest BCUT2D eigenvalue weighted by molar-refractivity contribution is 8.01. The molecule has 6 rings (SSSR count). The molecule has 0 bridgehead atoms. The summed E-state index contributed by atoms with van der Waals surface area (Å²) in [6.45, 7) is -0.107. The van der Waals surface area contributed by atoms with Crippen LogP contribution in [0.4, 0.5) is 10.9 Å². The van der Waals surface area contributed by atoms with E-state index in [0.717, 1.165) is 23.5 Å². The van der Waals surface area contributed by atoms with Crippen LogP contribution in [0, 0.1) is 0 Å². The number of amides is 2. The number of rotatable bonds is 14. The zero-order valence-corrected chi connectivity index (χ0v) is 31.0. The number of carboxylic acid groups (broad SMARTS) is 1. The van der Waals surface area contributed by atoms with E-state index in [0.29, 0.717) is 22.0 Å². The van der Waals surface area contributed by atoms with Crippen molar-refractivity contribution < 1.29 is 53.5 Å². The summed E-state index contributed by atoms with van der Waals surface area (Å²) in [5.41, 5.74) is 12.2. The number of nitrogens with two attached hydrogens (primary N) is 3. The lowest BCUT2D eigenvalue weighted by Gasteiger charge is -2.49. The number of aliphatic carboxylic acids is 1. The number of β-lactam (4-membered cyclic amide) rings is 1. The van der Waals surface area contributed by atoms with Gasteiger partial charge in [0, 0.05) is 28.5 Å². The molecule has 286 valence electrons. The van der Waals surface area contributed by atoms with Gasteiger partial charge in [-0.1, -0.05) is 23.4 Å². The van der Waals surface area contributed by atoms with Crippen LogP contribution < -0.4 is 32.0 Å². The minimum absolute atomic E-state index is 0.00122. The lowest BCUT2D eigenvalue weighted by molar-refractivity contribution is -0.682. The highest BCUT2D eigenvalue weighted by Gasteiger charge is 2.55. The third-order valence-corrected chi connectivity index (χ3v) is 11.1. The monoisotopic (exact) mass is 810 g/mol. The van der Waals surface area contributed by atoms with Gasteiger partial charge in [-0.2, -0.15) is 0 Å². The van der Waals surface area contributed by atoms with Crippen molar-refractivity contribution in [1.82, 2.24) is 20.2 Å². The van der Waals surface area contributed by atoms with E-state index in [4.69, 9.17) is 31.6 Å². The Labute approximate surface area is 323 Å². The molecule has 10 N–H and O–H groups in total. The molecule has 0 spiro atoms. The van der Waals surface area contributed by atoms with Crippen LogP contribution in [-0.4, -0.2) is 89.7 Å². The molecule has 2 aromatic carbocycles. The molecule has 2 aliphatic heterocycles. The average molecular weight is 811 g/mol. The Balaban J connectivity index is 1.24. The number of hydrogen-bond acceptors (Lipinski definition) is 18. The van der Waals surface area contributed by atoms with E-state index in [9.17, 15) is 34.5 Å².